The summed E-state index contributed by atoms with van der Waals surface area (Å²) >= 11 is 0. The summed E-state index contributed by atoms with van der Waals surface area (Å²) in [4.78, 5) is 1.39. The van der Waals surface area contributed by atoms with E-state index in [2.05, 4.69) is 0 Å². The molecule has 0 fully saturated rings. The van der Waals surface area contributed by atoms with E-state index in [0.717, 1.165) is 12.1 Å². The summed E-state index contributed by atoms with van der Waals surface area (Å²) in [6, 6.07) is 4.26. The first kappa shape index (κ1) is 19.3. The molecular weight excluding hydrogens is 267 g/mol. The Bertz CT molecular complexity index is 329. The van der Waals surface area contributed by atoms with Crippen LogP contribution in [-0.2, 0) is 6.18 Å². The van der Waals surface area contributed by atoms with Gasteiger partial charge in [0.05, 0.1) is 5.56 Å². The van der Waals surface area contributed by atoms with Gasteiger partial charge in [-0.1, -0.05) is 12.1 Å². The molecule has 7 heteroatoms. The van der Waals surface area contributed by atoms with Gasteiger partial charge in [-0.25, -0.2) is 0 Å². The van der Waals surface area contributed by atoms with Gasteiger partial charge in [-0.05, 0) is 38.0 Å². The molecule has 0 saturated heterocycles. The molecule has 0 aliphatic heterocycles. The van der Waals surface area contributed by atoms with Crippen LogP contribution in [-0.4, -0.2) is 42.0 Å². The normalized spacial score (nSPS) is 12.6. The number of hydrogen-bond donors (Lipinski definition) is 0. The zero-order valence-corrected chi connectivity index (χ0v) is 11.6. The monoisotopic (exact) mass is 277 g/mol. The van der Waals surface area contributed by atoms with Gasteiger partial charge < -0.3 is 22.4 Å². The Balaban J connectivity index is 0. The van der Waals surface area contributed by atoms with Gasteiger partial charge in [0.2, 0.25) is 0 Å². The van der Waals surface area contributed by atoms with Crippen molar-refractivity contribution in [3.8, 4) is 0 Å². The fraction of sp³-hybridized carbons (Fsp3) is 0.400. The van der Waals surface area contributed by atoms with Crippen LogP contribution >= 0.6 is 0 Å². The van der Waals surface area contributed by atoms with Crippen LogP contribution < -0.4 is 17.5 Å². The summed E-state index contributed by atoms with van der Waals surface area (Å²) in [7, 11) is 3.16. The first-order chi connectivity index (χ1) is 6.82. The standard InChI is InChI=1S/C10H11F3NO.ClH.Mg/c1-14(2)9(15)7-3-5-8(6-4-7)10(11,12)13;;/h3-6,9H,1-2H3;1H;/q-1;;+2/p-1. The van der Waals surface area contributed by atoms with Gasteiger partial charge >= 0.3 is 29.2 Å². The van der Waals surface area contributed by atoms with Crippen LogP contribution in [0.2, 0.25) is 0 Å². The molecule has 0 bridgehead atoms. The quantitative estimate of drug-likeness (QED) is 0.474. The van der Waals surface area contributed by atoms with Gasteiger partial charge in [-0.15, -0.1) is 0 Å². The van der Waals surface area contributed by atoms with Crippen molar-refractivity contribution in [1.82, 2.24) is 4.90 Å². The van der Waals surface area contributed by atoms with Crippen molar-refractivity contribution in [1.29, 1.82) is 0 Å². The first-order valence-corrected chi connectivity index (χ1v) is 4.32. The van der Waals surface area contributed by atoms with Crippen LogP contribution in [0, 0.1) is 0 Å². The average Bonchev–Trinajstić information content (AvgIpc) is 2.15. The molecule has 0 radical (unpaired) electrons. The van der Waals surface area contributed by atoms with E-state index in [1.54, 1.807) is 14.1 Å². The Kier molecular flexibility index (Phi) is 8.44. The molecule has 1 unspecified atom stereocenters. The smallest absolute Gasteiger partial charge is 1.00 e. The van der Waals surface area contributed by atoms with E-state index in [1.807, 2.05) is 0 Å². The maximum atomic E-state index is 12.2. The maximum Gasteiger partial charge on any atom is 2.00 e. The molecule has 1 aromatic rings. The van der Waals surface area contributed by atoms with Crippen LogP contribution in [0.1, 0.15) is 17.4 Å². The second-order valence-corrected chi connectivity index (χ2v) is 3.44. The summed E-state index contributed by atoms with van der Waals surface area (Å²) in [6.45, 7) is 0. The zero-order chi connectivity index (χ0) is 11.6. The number of alkyl halides is 3. The van der Waals surface area contributed by atoms with Crippen LogP contribution in [0.5, 0.6) is 0 Å². The second kappa shape index (κ2) is 7.43. The molecule has 1 aromatic carbocycles. The molecule has 0 heterocycles. The molecule has 0 N–H and O–H groups in total. The number of halogens is 4. The van der Waals surface area contributed by atoms with E-state index in [-0.39, 0.29) is 35.5 Å². The Morgan fingerprint density at radius 3 is 1.82 bits per heavy atom. The number of rotatable bonds is 2. The van der Waals surface area contributed by atoms with Crippen molar-refractivity contribution in [2.45, 2.75) is 12.4 Å². The molecule has 0 amide bonds. The third-order valence-electron chi connectivity index (χ3n) is 1.99. The zero-order valence-electron chi connectivity index (χ0n) is 9.46. The Labute approximate surface area is 120 Å². The van der Waals surface area contributed by atoms with E-state index in [9.17, 15) is 18.3 Å². The fourth-order valence-corrected chi connectivity index (χ4v) is 1.13. The van der Waals surface area contributed by atoms with E-state index < -0.39 is 18.0 Å². The van der Waals surface area contributed by atoms with Crippen molar-refractivity contribution < 1.29 is 30.7 Å². The average molecular weight is 278 g/mol. The first-order valence-electron chi connectivity index (χ1n) is 4.32. The van der Waals surface area contributed by atoms with Crippen LogP contribution in [0.3, 0.4) is 0 Å². The van der Waals surface area contributed by atoms with Gasteiger partial charge in [-0.3, -0.25) is 0 Å². The van der Waals surface area contributed by atoms with Crippen molar-refractivity contribution in [3.05, 3.63) is 35.4 Å². The minimum absolute atomic E-state index is 0. The minimum Gasteiger partial charge on any atom is -1.00 e. The van der Waals surface area contributed by atoms with Gasteiger partial charge in [0.25, 0.3) is 0 Å². The predicted molar refractivity (Wildman–Crippen MR) is 53.6 cm³/mol. The molecule has 0 saturated carbocycles. The third kappa shape index (κ3) is 5.44. The molecule has 17 heavy (non-hydrogen) atoms. The van der Waals surface area contributed by atoms with E-state index in [0.29, 0.717) is 5.56 Å². The molecule has 0 aromatic heterocycles. The van der Waals surface area contributed by atoms with Crippen molar-refractivity contribution in [2.24, 2.45) is 0 Å². The van der Waals surface area contributed by atoms with Crippen molar-refractivity contribution >= 4 is 23.1 Å². The van der Waals surface area contributed by atoms with Crippen molar-refractivity contribution in [3.63, 3.8) is 0 Å². The molecule has 0 spiro atoms. The van der Waals surface area contributed by atoms with E-state index >= 15 is 0 Å². The topological polar surface area (TPSA) is 26.3 Å². The molecule has 0 aliphatic rings. The molecule has 1 rings (SSSR count). The summed E-state index contributed by atoms with van der Waals surface area (Å²) in [5.74, 6) is 0. The summed E-state index contributed by atoms with van der Waals surface area (Å²) in [5, 5.41) is 11.4. The van der Waals surface area contributed by atoms with Crippen molar-refractivity contribution in [2.75, 3.05) is 14.1 Å². The molecule has 92 valence electrons. The van der Waals surface area contributed by atoms with Crippen LogP contribution in [0.15, 0.2) is 24.3 Å². The van der Waals surface area contributed by atoms with Gasteiger partial charge in [0.15, 0.2) is 0 Å². The maximum absolute atomic E-state index is 12.2. The number of benzene rings is 1. The van der Waals surface area contributed by atoms with Gasteiger partial charge in [-0.2, -0.15) is 13.2 Å². The summed E-state index contributed by atoms with van der Waals surface area (Å²) in [5.41, 5.74) is -0.412. The molecule has 2 nitrogen and oxygen atoms in total. The number of hydrogen-bond acceptors (Lipinski definition) is 2. The summed E-state index contributed by atoms with van der Waals surface area (Å²) < 4.78 is 36.6. The number of nitrogens with zero attached hydrogens (tertiary/aromatic N) is 1. The SMILES string of the molecule is CN(C)C([O-])c1ccc(C(F)(F)F)cc1.[Cl-].[Mg+2]. The minimum atomic E-state index is -4.35. The molecule has 1 atom stereocenters. The van der Waals surface area contributed by atoms with E-state index in [4.69, 9.17) is 0 Å². The fourth-order valence-electron chi connectivity index (χ4n) is 1.13. The van der Waals surface area contributed by atoms with Crippen LogP contribution in [0.4, 0.5) is 13.2 Å². The predicted octanol–water partition coefficient (Wildman–Crippen LogP) is -1.75. The van der Waals surface area contributed by atoms with E-state index in [1.165, 1.54) is 17.0 Å². The summed E-state index contributed by atoms with van der Waals surface area (Å²) in [6.07, 6.45) is -5.48. The van der Waals surface area contributed by atoms with Gasteiger partial charge in [0, 0.05) is 0 Å². The molecule has 0 aliphatic carbocycles. The Hall–Kier alpha value is -0.0138. The van der Waals surface area contributed by atoms with Gasteiger partial charge in [0.1, 0.15) is 0 Å². The Morgan fingerprint density at radius 1 is 1.12 bits per heavy atom. The largest absolute Gasteiger partial charge is 2.00 e. The molecular formula is C10H11ClF3MgNO. The Morgan fingerprint density at radius 2 is 1.53 bits per heavy atom. The second-order valence-electron chi connectivity index (χ2n) is 3.44. The van der Waals surface area contributed by atoms with Crippen LogP contribution in [0.25, 0.3) is 0 Å². The third-order valence-corrected chi connectivity index (χ3v) is 1.99.